The van der Waals surface area contributed by atoms with Crippen LogP contribution in [0.25, 0.3) is 5.73 Å². The second-order valence-electron chi connectivity index (χ2n) is 4.65. The molecule has 0 aromatic heterocycles. The van der Waals surface area contributed by atoms with Crippen LogP contribution in [0.4, 0.5) is 10.5 Å². The zero-order valence-electron chi connectivity index (χ0n) is 10.2. The van der Waals surface area contributed by atoms with E-state index in [0.29, 0.717) is 18.5 Å². The minimum atomic E-state index is -0.770. The molecule has 2 aliphatic rings. The van der Waals surface area contributed by atoms with Gasteiger partial charge in [0.15, 0.2) is 0 Å². The van der Waals surface area contributed by atoms with Gasteiger partial charge >= 0.3 is 64.2 Å². The van der Waals surface area contributed by atoms with Crippen LogP contribution in [0.5, 0.6) is 0 Å². The van der Waals surface area contributed by atoms with Gasteiger partial charge in [0.1, 0.15) is 5.54 Å². The minimum absolute atomic E-state index is 0. The largest absolute Gasteiger partial charge is 1.00 e. The van der Waals surface area contributed by atoms with E-state index in [-0.39, 0.29) is 64.1 Å². The monoisotopic (exact) mass is 315 g/mol. The van der Waals surface area contributed by atoms with Crippen LogP contribution in [0.2, 0.25) is 0 Å². The molecule has 1 spiro atoms. The summed E-state index contributed by atoms with van der Waals surface area (Å²) in [5.74, 6) is -0.233. The van der Waals surface area contributed by atoms with Gasteiger partial charge in [0.25, 0.3) is 5.91 Å². The van der Waals surface area contributed by atoms with Crippen molar-refractivity contribution < 1.29 is 67.8 Å². The van der Waals surface area contributed by atoms with E-state index in [1.807, 2.05) is 12.1 Å². The van der Waals surface area contributed by atoms with Crippen molar-refractivity contribution in [3.05, 3.63) is 35.1 Å². The van der Waals surface area contributed by atoms with Crippen LogP contribution in [0, 0.1) is 0 Å². The summed E-state index contributed by atoms with van der Waals surface area (Å²) in [6, 6.07) is 5.01. The average molecular weight is 316 g/mol. The first-order valence-electron chi connectivity index (χ1n) is 5.56. The van der Waals surface area contributed by atoms with Gasteiger partial charge in [-0.3, -0.25) is 10.1 Å². The Bertz CT molecular complexity index is 532. The Morgan fingerprint density at radius 3 is 2.67 bits per heavy atom. The molecule has 1 aromatic rings. The first-order chi connectivity index (χ1) is 8.09. The molecule has 1 heterocycles. The van der Waals surface area contributed by atoms with Crippen molar-refractivity contribution in [3.63, 3.8) is 0 Å². The summed E-state index contributed by atoms with van der Waals surface area (Å²) < 4.78 is 0. The van der Waals surface area contributed by atoms with Crippen LogP contribution in [0.3, 0.4) is 0 Å². The number of amides is 3. The molecule has 1 aliphatic heterocycles. The number of hydrogen-bond donors (Lipinski definition) is 2. The molecule has 6 heteroatoms. The molecule has 1 atom stereocenters. The zero-order chi connectivity index (χ0) is 12.0. The number of hydrogen-bond acceptors (Lipinski definition) is 2. The number of nitrogens with one attached hydrogen (secondary N) is 3. The number of fused-ring (bicyclic) bond motifs is 1. The van der Waals surface area contributed by atoms with Crippen LogP contribution in [-0.2, 0) is 17.6 Å². The fourth-order valence-electron chi connectivity index (χ4n) is 2.62. The van der Waals surface area contributed by atoms with Gasteiger partial charge in [-0.1, -0.05) is 18.2 Å². The van der Waals surface area contributed by atoms with Gasteiger partial charge in [-0.2, -0.15) is 0 Å². The molecule has 18 heavy (non-hydrogen) atoms. The molecule has 1 saturated heterocycles. The maximum atomic E-state index is 11.8. The molecule has 3 amide bonds. The summed E-state index contributed by atoms with van der Waals surface area (Å²) in [5, 5.41) is 5.02. The second kappa shape index (κ2) is 5.04. The van der Waals surface area contributed by atoms with Crippen molar-refractivity contribution in [2.75, 3.05) is 0 Å². The molecular formula is C12H12N3O2Rb. The molecule has 0 saturated carbocycles. The summed E-state index contributed by atoms with van der Waals surface area (Å²) in [4.78, 5) is 23.0. The van der Waals surface area contributed by atoms with E-state index >= 15 is 0 Å². The van der Waals surface area contributed by atoms with Crippen LogP contribution in [0.15, 0.2) is 18.2 Å². The van der Waals surface area contributed by atoms with E-state index < -0.39 is 11.6 Å². The smallest absolute Gasteiger partial charge is 0.699 e. The number of rotatable bonds is 0. The van der Waals surface area contributed by atoms with Crippen molar-refractivity contribution >= 4 is 17.6 Å². The van der Waals surface area contributed by atoms with Crippen LogP contribution < -0.4 is 68.8 Å². The molecule has 1 fully saturated rings. The van der Waals surface area contributed by atoms with Gasteiger partial charge in [-0.05, 0) is 24.0 Å². The van der Waals surface area contributed by atoms with Gasteiger partial charge in [0.05, 0.1) is 0 Å². The molecule has 0 bridgehead atoms. The number of benzene rings is 1. The number of carbonyl (C=O) groups excluding carboxylic acids is 2. The predicted octanol–water partition coefficient (Wildman–Crippen LogP) is -1.56. The molecule has 0 radical (unpaired) electrons. The molecule has 1 aromatic carbocycles. The van der Waals surface area contributed by atoms with E-state index in [2.05, 4.69) is 10.6 Å². The maximum absolute atomic E-state index is 11.8. The number of urea groups is 1. The van der Waals surface area contributed by atoms with Gasteiger partial charge in [-0.15, -0.1) is 5.69 Å². The molecule has 1 unspecified atom stereocenters. The zero-order valence-corrected chi connectivity index (χ0v) is 15.1. The topological polar surface area (TPSA) is 82.0 Å². The number of carbonyl (C=O) groups is 2. The second-order valence-corrected chi connectivity index (χ2v) is 4.65. The summed E-state index contributed by atoms with van der Waals surface area (Å²) in [6.07, 6.45) is 1.83. The fourth-order valence-corrected chi connectivity index (χ4v) is 2.62. The van der Waals surface area contributed by atoms with Crippen molar-refractivity contribution in [2.45, 2.75) is 24.8 Å². The fraction of sp³-hybridized carbons (Fsp3) is 0.333. The Morgan fingerprint density at radius 1 is 1.22 bits per heavy atom. The standard InChI is InChI=1S/C12H12N3O2.Rb/c13-9-2-1-8-6-12(4-3-7(8)5-9)10(16)14-11(17)15-12;/h1-2,5,13H,3-4,6H2,(H2,14,15,16,17);/q-1;+1. The van der Waals surface area contributed by atoms with Crippen molar-refractivity contribution in [1.29, 1.82) is 0 Å². The van der Waals surface area contributed by atoms with Crippen LogP contribution >= 0.6 is 0 Å². The first-order valence-corrected chi connectivity index (χ1v) is 5.56. The molecule has 3 N–H and O–H groups in total. The van der Waals surface area contributed by atoms with Crippen molar-refractivity contribution in [3.8, 4) is 0 Å². The van der Waals surface area contributed by atoms with Gasteiger partial charge in [-0.25, -0.2) is 4.79 Å². The Balaban J connectivity index is 0.00000120. The SMILES string of the molecule is [NH-]c1ccc2c(c1)CCC1(C2)NC(=O)NC1=O.[Rb+]. The Labute approximate surface area is 154 Å². The maximum Gasteiger partial charge on any atom is 1.00 e. The van der Waals surface area contributed by atoms with E-state index in [9.17, 15) is 9.59 Å². The Morgan fingerprint density at radius 2 is 2.00 bits per heavy atom. The quantitative estimate of drug-likeness (QED) is 0.568. The summed E-state index contributed by atoms with van der Waals surface area (Å²) in [5.41, 5.74) is 9.43. The third-order valence-electron chi connectivity index (χ3n) is 3.53. The van der Waals surface area contributed by atoms with Gasteiger partial charge in [0.2, 0.25) is 0 Å². The third-order valence-corrected chi connectivity index (χ3v) is 3.53. The van der Waals surface area contributed by atoms with Crippen LogP contribution in [-0.4, -0.2) is 17.5 Å². The van der Waals surface area contributed by atoms with E-state index in [4.69, 9.17) is 5.73 Å². The minimum Gasteiger partial charge on any atom is -0.699 e. The molecule has 1 aliphatic carbocycles. The molecule has 5 nitrogen and oxygen atoms in total. The number of imide groups is 1. The van der Waals surface area contributed by atoms with Crippen molar-refractivity contribution in [2.24, 2.45) is 0 Å². The number of aryl methyl sites for hydroxylation is 1. The molecular weight excluding hydrogens is 304 g/mol. The summed E-state index contributed by atoms with van der Waals surface area (Å²) in [6.45, 7) is 0. The van der Waals surface area contributed by atoms with Gasteiger partial charge in [0, 0.05) is 6.42 Å². The normalized spacial score (nSPS) is 25.1. The van der Waals surface area contributed by atoms with Gasteiger partial charge < -0.3 is 11.1 Å². The predicted molar refractivity (Wildman–Crippen MR) is 61.9 cm³/mol. The van der Waals surface area contributed by atoms with Crippen molar-refractivity contribution in [1.82, 2.24) is 10.6 Å². The van der Waals surface area contributed by atoms with E-state index in [0.717, 1.165) is 17.5 Å². The Hall–Kier alpha value is -0.235. The van der Waals surface area contributed by atoms with E-state index in [1.54, 1.807) is 6.07 Å². The summed E-state index contributed by atoms with van der Waals surface area (Å²) >= 11 is 0. The van der Waals surface area contributed by atoms with Crippen LogP contribution in [0.1, 0.15) is 17.5 Å². The summed E-state index contributed by atoms with van der Waals surface area (Å²) in [7, 11) is 0. The molecule has 3 rings (SSSR count). The van der Waals surface area contributed by atoms with E-state index in [1.165, 1.54) is 0 Å². The first kappa shape index (κ1) is 14.2. The average Bonchev–Trinajstić information content (AvgIpc) is 2.54. The third kappa shape index (κ3) is 2.29. The Kier molecular flexibility index (Phi) is 3.97. The molecule has 88 valence electrons.